The van der Waals surface area contributed by atoms with Crippen LogP contribution in [0.5, 0.6) is 0 Å². The lowest BCUT2D eigenvalue weighted by Gasteiger charge is -2.48. The van der Waals surface area contributed by atoms with Gasteiger partial charge in [0.05, 0.1) is 23.7 Å². The Morgan fingerprint density at radius 2 is 1.09 bits per heavy atom. The molecular weight excluding hydrogens is 432 g/mol. The highest BCUT2D eigenvalue weighted by atomic mass is 16.6. The number of allylic oxidation sites excluding steroid dienone is 4. The lowest BCUT2D eigenvalue weighted by molar-refractivity contribution is -0.155. The number of nitrogens with one attached hydrogen (secondary N) is 1. The van der Waals surface area contributed by atoms with Crippen LogP contribution in [-0.2, 0) is 23.9 Å². The third-order valence-electron chi connectivity index (χ3n) is 9.24. The maximum atomic E-state index is 13.0. The van der Waals surface area contributed by atoms with Gasteiger partial charge in [0.1, 0.15) is 0 Å². The van der Waals surface area contributed by atoms with Crippen LogP contribution in [-0.4, -0.2) is 45.8 Å². The predicted octanol–water partition coefficient (Wildman–Crippen LogP) is 2.61. The maximum Gasteiger partial charge on any atom is 0.318 e. The molecule has 7 aliphatic rings. The molecule has 4 aliphatic carbocycles. The fourth-order valence-corrected chi connectivity index (χ4v) is 8.44. The number of nitrogens with zero attached hydrogens (tertiary/aromatic N) is 1. The fourth-order valence-electron chi connectivity index (χ4n) is 8.44. The van der Waals surface area contributed by atoms with Crippen molar-refractivity contribution < 1.29 is 23.9 Å². The van der Waals surface area contributed by atoms with E-state index in [0.717, 1.165) is 25.7 Å². The molecule has 5 fully saturated rings. The lowest BCUT2D eigenvalue weighted by Crippen LogP contribution is -2.63. The van der Waals surface area contributed by atoms with Gasteiger partial charge in [0, 0.05) is 17.1 Å². The zero-order valence-electron chi connectivity index (χ0n) is 20.3. The van der Waals surface area contributed by atoms with Crippen LogP contribution in [0.4, 0.5) is 0 Å². The first kappa shape index (κ1) is 22.2. The molecular formula is C27H34N2O5. The van der Waals surface area contributed by atoms with Crippen molar-refractivity contribution in [2.24, 2.45) is 47.3 Å². The van der Waals surface area contributed by atoms with Crippen molar-refractivity contribution in [1.82, 2.24) is 10.2 Å². The molecule has 4 bridgehead atoms. The van der Waals surface area contributed by atoms with Gasteiger partial charge in [-0.25, -0.2) is 0 Å². The first-order chi connectivity index (χ1) is 16.0. The molecule has 7 nitrogen and oxygen atoms in total. The Morgan fingerprint density at radius 3 is 1.50 bits per heavy atom. The van der Waals surface area contributed by atoms with E-state index in [0.29, 0.717) is 11.8 Å². The van der Waals surface area contributed by atoms with E-state index in [4.69, 9.17) is 0 Å². The van der Waals surface area contributed by atoms with E-state index in [1.807, 2.05) is 12.2 Å². The summed E-state index contributed by atoms with van der Waals surface area (Å²) in [5.41, 5.74) is -0.107. The smallest absolute Gasteiger partial charge is 0.318 e. The Balaban J connectivity index is 0.000000152. The second kappa shape index (κ2) is 7.12. The number of fused-ring (bicyclic) bond motifs is 10. The molecule has 0 aromatic rings. The molecule has 182 valence electrons. The monoisotopic (exact) mass is 466 g/mol. The maximum absolute atomic E-state index is 13.0. The summed E-state index contributed by atoms with van der Waals surface area (Å²) in [7, 11) is 0. The third-order valence-corrected chi connectivity index (χ3v) is 9.24. The van der Waals surface area contributed by atoms with Gasteiger partial charge in [-0.3, -0.25) is 24.1 Å². The number of amides is 2. The minimum absolute atomic E-state index is 0.0382. The van der Waals surface area contributed by atoms with Crippen molar-refractivity contribution in [2.45, 2.75) is 70.5 Å². The van der Waals surface area contributed by atoms with Gasteiger partial charge in [-0.1, -0.05) is 24.3 Å². The topological polar surface area (TPSA) is 92.8 Å². The largest absolute Gasteiger partial charge is 0.393 e. The van der Waals surface area contributed by atoms with Gasteiger partial charge < -0.3 is 10.1 Å². The van der Waals surface area contributed by atoms with Crippen LogP contribution in [0.2, 0.25) is 0 Å². The number of carbonyl (C=O) groups excluding carboxylic acids is 4. The van der Waals surface area contributed by atoms with Crippen molar-refractivity contribution in [2.75, 3.05) is 0 Å². The molecule has 0 aromatic carbocycles. The molecule has 3 heterocycles. The Labute approximate surface area is 200 Å². The molecule has 0 spiro atoms. The Kier molecular flexibility index (Phi) is 4.65. The fraction of sp³-hybridized carbons (Fsp3) is 0.704. The quantitative estimate of drug-likeness (QED) is 0.276. The summed E-state index contributed by atoms with van der Waals surface area (Å²) in [5, 5.41) is 3.63. The number of likely N-dealkylation sites (tertiary alicyclic amines) is 1. The van der Waals surface area contributed by atoms with Gasteiger partial charge in [-0.15, -0.1) is 0 Å². The zero-order chi connectivity index (χ0) is 24.2. The molecule has 2 amide bonds. The number of ether oxygens (including phenoxy) is 1. The summed E-state index contributed by atoms with van der Waals surface area (Å²) in [5.74, 6) is 0.336. The molecule has 3 aliphatic heterocycles. The molecule has 1 N–H and O–H groups in total. The van der Waals surface area contributed by atoms with Gasteiger partial charge in [0.2, 0.25) is 11.8 Å². The van der Waals surface area contributed by atoms with E-state index >= 15 is 0 Å². The number of hydrogen-bond acceptors (Lipinski definition) is 6. The first-order valence-corrected chi connectivity index (χ1v) is 12.7. The molecule has 8 unspecified atom stereocenters. The van der Waals surface area contributed by atoms with E-state index in [1.165, 1.54) is 0 Å². The van der Waals surface area contributed by atoms with E-state index in [2.05, 4.69) is 49.9 Å². The third kappa shape index (κ3) is 3.19. The van der Waals surface area contributed by atoms with E-state index in [1.54, 1.807) is 4.90 Å². The predicted molar refractivity (Wildman–Crippen MR) is 123 cm³/mol. The molecule has 7 rings (SSSR count). The number of imide groups is 1. The number of carbonyl (C=O) groups is 4. The van der Waals surface area contributed by atoms with Crippen LogP contribution < -0.4 is 5.32 Å². The van der Waals surface area contributed by atoms with Gasteiger partial charge in [0.15, 0.2) is 0 Å². The van der Waals surface area contributed by atoms with E-state index in [9.17, 15) is 19.2 Å². The highest BCUT2D eigenvalue weighted by molar-refractivity contribution is 6.06. The number of cyclic esters (lactones) is 2. The summed E-state index contributed by atoms with van der Waals surface area (Å²) in [6, 6.07) is 0.0382. The second-order valence-electron chi connectivity index (χ2n) is 12.7. The standard InChI is InChI=1S/C18H26N2O2.C9H8O3/c1-17(2)8-12(9-18(3,4)19-17)20-15(21)13-10-5-6-11(7-10)14(13)16(20)22;10-8-6-4-1-2-5(3-4)7(6)9(11)12-8/h5-6,10-14,19H,7-9H2,1-4H3;1-2,4-7H,3H2. The van der Waals surface area contributed by atoms with Gasteiger partial charge >= 0.3 is 11.9 Å². The van der Waals surface area contributed by atoms with Crippen LogP contribution in [0.15, 0.2) is 24.3 Å². The number of rotatable bonds is 1. The zero-order valence-corrected chi connectivity index (χ0v) is 20.3. The highest BCUT2D eigenvalue weighted by Gasteiger charge is 2.61. The van der Waals surface area contributed by atoms with Crippen molar-refractivity contribution in [3.8, 4) is 0 Å². The molecule has 0 radical (unpaired) electrons. The summed E-state index contributed by atoms with van der Waals surface area (Å²) < 4.78 is 4.59. The minimum atomic E-state index is -0.304. The van der Waals surface area contributed by atoms with Crippen molar-refractivity contribution in [3.05, 3.63) is 24.3 Å². The van der Waals surface area contributed by atoms with E-state index < -0.39 is 0 Å². The summed E-state index contributed by atoms with van der Waals surface area (Å²) in [6.45, 7) is 8.66. The van der Waals surface area contributed by atoms with Crippen LogP contribution in [0, 0.1) is 47.3 Å². The van der Waals surface area contributed by atoms with Crippen LogP contribution in [0.3, 0.4) is 0 Å². The van der Waals surface area contributed by atoms with Gasteiger partial charge in [-0.05, 0) is 77.0 Å². The Bertz CT molecular complexity index is 968. The lowest BCUT2D eigenvalue weighted by atomic mass is 9.79. The van der Waals surface area contributed by atoms with E-state index in [-0.39, 0.29) is 76.4 Å². The van der Waals surface area contributed by atoms with Crippen LogP contribution in [0.25, 0.3) is 0 Å². The summed E-state index contributed by atoms with van der Waals surface area (Å²) in [6.07, 6.45) is 12.1. The number of esters is 2. The molecule has 7 heteroatoms. The van der Waals surface area contributed by atoms with Crippen LogP contribution in [0.1, 0.15) is 53.4 Å². The Morgan fingerprint density at radius 1 is 0.706 bits per heavy atom. The molecule has 8 atom stereocenters. The highest BCUT2D eigenvalue weighted by Crippen LogP contribution is 2.54. The second-order valence-corrected chi connectivity index (χ2v) is 12.7. The summed E-state index contributed by atoms with van der Waals surface area (Å²) >= 11 is 0. The molecule has 0 aromatic heterocycles. The van der Waals surface area contributed by atoms with Crippen molar-refractivity contribution >= 4 is 23.8 Å². The summed E-state index contributed by atoms with van der Waals surface area (Å²) in [4.78, 5) is 49.9. The molecule has 2 saturated carbocycles. The average Bonchev–Trinajstić information content (AvgIpc) is 3.53. The molecule has 3 saturated heterocycles. The normalized spacial score (nSPS) is 44.4. The van der Waals surface area contributed by atoms with Crippen molar-refractivity contribution in [3.63, 3.8) is 0 Å². The Hall–Kier alpha value is -2.28. The van der Waals surface area contributed by atoms with Crippen molar-refractivity contribution in [1.29, 1.82) is 0 Å². The first-order valence-electron chi connectivity index (χ1n) is 12.7. The minimum Gasteiger partial charge on any atom is -0.393 e. The SMILES string of the molecule is CC1(C)CC(N2C(=O)C3C4C=CC(C4)C3C2=O)CC(C)(C)N1.O=C1OC(=O)C2C3C=CC(C3)C12. The molecule has 34 heavy (non-hydrogen) atoms. The number of piperidine rings is 1. The van der Waals surface area contributed by atoms with Crippen LogP contribution >= 0.6 is 0 Å². The van der Waals surface area contributed by atoms with Gasteiger partial charge in [0.25, 0.3) is 0 Å². The average molecular weight is 467 g/mol. The number of hydrogen-bond donors (Lipinski definition) is 1. The van der Waals surface area contributed by atoms with Gasteiger partial charge in [-0.2, -0.15) is 0 Å².